The molecule has 0 radical (unpaired) electrons. The van der Waals surface area contributed by atoms with Crippen LogP contribution in [0.5, 0.6) is 0 Å². The average Bonchev–Trinajstić information content (AvgIpc) is 3.51. The second-order valence-corrected chi connectivity index (χ2v) is 11.3. The molecule has 2 aliphatic heterocycles. The molecule has 40 heavy (non-hydrogen) atoms. The van der Waals surface area contributed by atoms with E-state index in [4.69, 9.17) is 13.9 Å². The lowest BCUT2D eigenvalue weighted by atomic mass is 9.76. The van der Waals surface area contributed by atoms with Crippen LogP contribution in [-0.4, -0.2) is 48.0 Å². The molecule has 2 bridgehead atoms. The highest BCUT2D eigenvalue weighted by molar-refractivity contribution is 6.06. The molecule has 3 heterocycles. The Morgan fingerprint density at radius 2 is 1.45 bits per heavy atom. The Bertz CT molecular complexity index is 1710. The van der Waals surface area contributed by atoms with Gasteiger partial charge in [0.25, 0.3) is 0 Å². The third-order valence-corrected chi connectivity index (χ3v) is 9.01. The van der Waals surface area contributed by atoms with Crippen LogP contribution in [0, 0.1) is 0 Å². The van der Waals surface area contributed by atoms with Gasteiger partial charge in [0.15, 0.2) is 0 Å². The first-order valence-electron chi connectivity index (χ1n) is 13.9. The van der Waals surface area contributed by atoms with E-state index in [0.29, 0.717) is 31.6 Å². The van der Waals surface area contributed by atoms with Crippen LogP contribution >= 0.6 is 0 Å². The van der Waals surface area contributed by atoms with Crippen molar-refractivity contribution < 1.29 is 23.8 Å². The molecule has 2 atom stereocenters. The highest BCUT2D eigenvalue weighted by Gasteiger charge is 2.50. The number of furan rings is 1. The van der Waals surface area contributed by atoms with Gasteiger partial charge in [0, 0.05) is 35.1 Å². The van der Waals surface area contributed by atoms with Crippen LogP contribution in [0.15, 0.2) is 95.4 Å². The molecule has 1 aliphatic carbocycles. The lowest BCUT2D eigenvalue weighted by Crippen LogP contribution is -2.62. The molecule has 2 saturated heterocycles. The molecule has 200 valence electrons. The van der Waals surface area contributed by atoms with E-state index >= 15 is 0 Å². The summed E-state index contributed by atoms with van der Waals surface area (Å²) in [6.45, 7) is 0.991. The number of amides is 1. The van der Waals surface area contributed by atoms with Crippen LogP contribution in [0.1, 0.15) is 35.4 Å². The van der Waals surface area contributed by atoms with Gasteiger partial charge in [-0.25, -0.2) is 4.79 Å². The number of rotatable bonds is 3. The molecule has 8 rings (SSSR count). The normalized spacial score (nSPS) is 23.8. The molecule has 1 N–H and O–H groups in total. The number of nitrogens with zero attached hydrogens (tertiary/aromatic N) is 1. The molecule has 0 saturated carbocycles. The van der Waals surface area contributed by atoms with Crippen LogP contribution in [0.3, 0.4) is 0 Å². The van der Waals surface area contributed by atoms with Gasteiger partial charge in [0.2, 0.25) is 0 Å². The van der Waals surface area contributed by atoms with E-state index in [0.717, 1.165) is 21.9 Å². The third-order valence-electron chi connectivity index (χ3n) is 9.01. The molecule has 2 fully saturated rings. The number of piperidine rings is 1. The molecule has 1 amide bonds. The summed E-state index contributed by atoms with van der Waals surface area (Å²) in [6.07, 6.45) is 0.359. The van der Waals surface area contributed by atoms with Crippen molar-refractivity contribution in [3.8, 4) is 11.1 Å². The largest absolute Gasteiger partial charge is 0.456 e. The van der Waals surface area contributed by atoms with Crippen molar-refractivity contribution in [3.63, 3.8) is 0 Å². The van der Waals surface area contributed by atoms with Crippen molar-refractivity contribution in [3.05, 3.63) is 108 Å². The second kappa shape index (κ2) is 8.95. The molecule has 2 unspecified atom stereocenters. The van der Waals surface area contributed by atoms with E-state index < -0.39 is 5.60 Å². The van der Waals surface area contributed by atoms with E-state index in [1.54, 1.807) is 0 Å². The lowest BCUT2D eigenvalue weighted by molar-refractivity contribution is -0.136. The summed E-state index contributed by atoms with van der Waals surface area (Å²) < 4.78 is 18.2. The Hall–Kier alpha value is -4.13. The zero-order valence-corrected chi connectivity index (χ0v) is 22.0. The van der Waals surface area contributed by atoms with Gasteiger partial charge in [0.05, 0.1) is 30.9 Å². The molecule has 1 aromatic heterocycles. The number of benzene rings is 4. The van der Waals surface area contributed by atoms with E-state index in [2.05, 4.69) is 24.3 Å². The second-order valence-electron chi connectivity index (χ2n) is 11.3. The van der Waals surface area contributed by atoms with Gasteiger partial charge in [0.1, 0.15) is 17.8 Å². The standard InChI is InChI=1S/C34H29NO5/c36-33(39-20-29-25-10-3-1-8-23(25)24-9-2-4-11-26(24)29)35-21-16-34(37,17-22(35)19-38-18-21)30-14-7-13-28-27-12-5-6-15-31(27)40-32(28)30/h1-15,21-22,29,37H,16-20H2. The monoisotopic (exact) mass is 531 g/mol. The minimum Gasteiger partial charge on any atom is -0.456 e. The summed E-state index contributed by atoms with van der Waals surface area (Å²) >= 11 is 0. The van der Waals surface area contributed by atoms with E-state index in [-0.39, 0.29) is 30.7 Å². The number of morpholine rings is 1. The van der Waals surface area contributed by atoms with Crippen LogP contribution in [0.4, 0.5) is 4.79 Å². The summed E-state index contributed by atoms with van der Waals surface area (Å²) in [6, 6.07) is 30.0. The first-order chi connectivity index (χ1) is 19.6. The first-order valence-corrected chi connectivity index (χ1v) is 13.9. The van der Waals surface area contributed by atoms with Gasteiger partial charge in [-0.3, -0.25) is 4.90 Å². The Balaban J connectivity index is 1.06. The maximum Gasteiger partial charge on any atom is 0.410 e. The molecule has 3 aliphatic rings. The number of fused-ring (bicyclic) bond motifs is 8. The number of para-hydroxylation sites is 2. The van der Waals surface area contributed by atoms with Gasteiger partial charge in [-0.15, -0.1) is 0 Å². The smallest absolute Gasteiger partial charge is 0.410 e. The molecule has 0 spiro atoms. The Labute approximate surface area is 231 Å². The van der Waals surface area contributed by atoms with Gasteiger partial charge < -0.3 is 19.0 Å². The predicted octanol–water partition coefficient (Wildman–Crippen LogP) is 6.59. The Kier molecular flexibility index (Phi) is 5.31. The van der Waals surface area contributed by atoms with E-state index in [1.165, 1.54) is 22.3 Å². The Morgan fingerprint density at radius 1 is 0.825 bits per heavy atom. The number of ether oxygens (including phenoxy) is 2. The number of carbonyl (C=O) groups excluding carboxylic acids is 1. The molecular weight excluding hydrogens is 502 g/mol. The van der Waals surface area contributed by atoms with Gasteiger partial charge in [-0.1, -0.05) is 84.9 Å². The maximum absolute atomic E-state index is 13.6. The molecule has 6 nitrogen and oxygen atoms in total. The fraction of sp³-hybridized carbons (Fsp3) is 0.265. The molecule has 6 heteroatoms. The van der Waals surface area contributed by atoms with Crippen molar-refractivity contribution in [2.24, 2.45) is 0 Å². The highest BCUT2D eigenvalue weighted by Crippen LogP contribution is 2.47. The van der Waals surface area contributed by atoms with Crippen LogP contribution in [0.2, 0.25) is 0 Å². The maximum atomic E-state index is 13.6. The van der Waals surface area contributed by atoms with Crippen molar-refractivity contribution in [2.45, 2.75) is 36.4 Å². The van der Waals surface area contributed by atoms with E-state index in [9.17, 15) is 9.90 Å². The zero-order valence-electron chi connectivity index (χ0n) is 22.0. The summed E-state index contributed by atoms with van der Waals surface area (Å²) in [4.78, 5) is 15.4. The van der Waals surface area contributed by atoms with Crippen LogP contribution in [-0.2, 0) is 15.1 Å². The molecule has 5 aromatic rings. The lowest BCUT2D eigenvalue weighted by Gasteiger charge is -2.50. The average molecular weight is 532 g/mol. The zero-order chi connectivity index (χ0) is 26.8. The molecule has 4 aromatic carbocycles. The Morgan fingerprint density at radius 3 is 2.17 bits per heavy atom. The van der Waals surface area contributed by atoms with Gasteiger partial charge >= 0.3 is 6.09 Å². The van der Waals surface area contributed by atoms with Gasteiger partial charge in [-0.2, -0.15) is 0 Å². The SMILES string of the molecule is O=C(OCC1c2ccccc2-c2ccccc21)N1C2COCC1CC(O)(c1cccc3c1oc1ccccc13)C2. The number of carbonyl (C=O) groups is 1. The fourth-order valence-corrected chi connectivity index (χ4v) is 7.28. The highest BCUT2D eigenvalue weighted by atomic mass is 16.6. The summed E-state index contributed by atoms with van der Waals surface area (Å²) in [5.41, 5.74) is 5.91. The summed E-state index contributed by atoms with van der Waals surface area (Å²) in [7, 11) is 0. The topological polar surface area (TPSA) is 72.1 Å². The number of hydrogen-bond donors (Lipinski definition) is 1. The third kappa shape index (κ3) is 3.53. The first kappa shape index (κ1) is 23.7. The van der Waals surface area contributed by atoms with Gasteiger partial charge in [-0.05, 0) is 28.3 Å². The summed E-state index contributed by atoms with van der Waals surface area (Å²) in [5, 5.41) is 14.1. The quantitative estimate of drug-likeness (QED) is 0.285. The van der Waals surface area contributed by atoms with Crippen LogP contribution < -0.4 is 0 Å². The minimum absolute atomic E-state index is 0.000138. The number of hydrogen-bond acceptors (Lipinski definition) is 5. The van der Waals surface area contributed by atoms with Crippen molar-refractivity contribution in [1.29, 1.82) is 0 Å². The van der Waals surface area contributed by atoms with Crippen molar-refractivity contribution >= 4 is 28.0 Å². The predicted molar refractivity (Wildman–Crippen MR) is 152 cm³/mol. The fourth-order valence-electron chi connectivity index (χ4n) is 7.28. The minimum atomic E-state index is -1.15. The van der Waals surface area contributed by atoms with Crippen LogP contribution in [0.25, 0.3) is 33.1 Å². The summed E-state index contributed by atoms with van der Waals surface area (Å²) in [5.74, 6) is -0.000138. The number of aliphatic hydroxyl groups is 1. The van der Waals surface area contributed by atoms with Crippen molar-refractivity contribution in [2.75, 3.05) is 19.8 Å². The van der Waals surface area contributed by atoms with E-state index in [1.807, 2.05) is 71.6 Å². The molecular formula is C34H29NO5. The van der Waals surface area contributed by atoms with Crippen molar-refractivity contribution in [1.82, 2.24) is 4.90 Å².